The Kier molecular flexibility index (Phi) is 4.57. The van der Waals surface area contributed by atoms with Gasteiger partial charge in [0.05, 0.1) is 28.4 Å². The summed E-state index contributed by atoms with van der Waals surface area (Å²) in [6.45, 7) is 0. The van der Waals surface area contributed by atoms with Gasteiger partial charge in [-0.3, -0.25) is 9.89 Å². The van der Waals surface area contributed by atoms with Crippen LogP contribution in [0.3, 0.4) is 0 Å². The van der Waals surface area contributed by atoms with Gasteiger partial charge in [0.2, 0.25) is 11.5 Å². The molecule has 0 unspecified atom stereocenters. The summed E-state index contributed by atoms with van der Waals surface area (Å²) in [5.41, 5.74) is 7.54. The second-order valence-corrected chi connectivity index (χ2v) is 5.42. The summed E-state index contributed by atoms with van der Waals surface area (Å²) < 4.78 is 21.1. The van der Waals surface area contributed by atoms with Gasteiger partial charge in [0, 0.05) is 10.9 Å². The largest absolute Gasteiger partial charge is 0.495 e. The summed E-state index contributed by atoms with van der Waals surface area (Å²) in [5.74, 6) is 1.41. The second-order valence-electron chi connectivity index (χ2n) is 5.42. The van der Waals surface area contributed by atoms with Crippen molar-refractivity contribution >= 4 is 22.4 Å². The van der Waals surface area contributed by atoms with Crippen molar-refractivity contribution in [3.8, 4) is 23.0 Å². The number of aromatic amines is 1. The fourth-order valence-electron chi connectivity index (χ4n) is 2.79. The highest BCUT2D eigenvalue weighted by Gasteiger charge is 2.22. The quantitative estimate of drug-likeness (QED) is 0.515. The summed E-state index contributed by atoms with van der Waals surface area (Å²) in [7, 11) is 6.00. The molecule has 0 atom stereocenters. The lowest BCUT2D eigenvalue weighted by molar-refractivity contribution is 0.103. The summed E-state index contributed by atoms with van der Waals surface area (Å²) in [6.07, 6.45) is 0. The maximum absolute atomic E-state index is 13.0. The van der Waals surface area contributed by atoms with Crippen molar-refractivity contribution in [3.05, 3.63) is 35.5 Å². The Balaban J connectivity index is 2.13. The van der Waals surface area contributed by atoms with Gasteiger partial charge in [-0.1, -0.05) is 0 Å². The smallest absolute Gasteiger partial charge is 0.211 e. The standard InChI is InChI=1S/C18H19N3O5/c1-23-11-6-5-10-15(14(11)19)20-21-16(10)17(22)9-7-12(24-2)18(26-4)13(8-9)25-3/h5-8H,19H2,1-4H3,(H,20,21). The van der Waals surface area contributed by atoms with Crippen LogP contribution < -0.4 is 24.7 Å². The number of aromatic nitrogens is 2. The Morgan fingerprint density at radius 1 is 0.962 bits per heavy atom. The topological polar surface area (TPSA) is 109 Å². The van der Waals surface area contributed by atoms with Crippen molar-refractivity contribution in [2.24, 2.45) is 0 Å². The maximum atomic E-state index is 13.0. The van der Waals surface area contributed by atoms with E-state index >= 15 is 0 Å². The molecule has 0 aliphatic heterocycles. The molecular weight excluding hydrogens is 338 g/mol. The lowest BCUT2D eigenvalue weighted by atomic mass is 10.0. The second kappa shape index (κ2) is 6.83. The maximum Gasteiger partial charge on any atom is 0.211 e. The van der Waals surface area contributed by atoms with Gasteiger partial charge < -0.3 is 24.7 Å². The van der Waals surface area contributed by atoms with Gasteiger partial charge in [-0.15, -0.1) is 0 Å². The fraction of sp³-hybridized carbons (Fsp3) is 0.222. The molecule has 2 aromatic carbocycles. The summed E-state index contributed by atoms with van der Waals surface area (Å²) in [5, 5.41) is 7.51. The first kappa shape index (κ1) is 17.4. The van der Waals surface area contributed by atoms with E-state index in [-0.39, 0.29) is 5.78 Å². The Hall–Kier alpha value is -3.42. The molecule has 3 rings (SSSR count). The van der Waals surface area contributed by atoms with Crippen molar-refractivity contribution in [3.63, 3.8) is 0 Å². The first-order valence-corrected chi connectivity index (χ1v) is 7.70. The number of nitrogens with zero attached hydrogens (tertiary/aromatic N) is 1. The van der Waals surface area contributed by atoms with Crippen LogP contribution in [0.2, 0.25) is 0 Å². The van der Waals surface area contributed by atoms with Crippen molar-refractivity contribution in [1.82, 2.24) is 10.2 Å². The van der Waals surface area contributed by atoms with Gasteiger partial charge in [0.25, 0.3) is 0 Å². The molecule has 0 amide bonds. The van der Waals surface area contributed by atoms with Gasteiger partial charge in [0.15, 0.2) is 11.5 Å². The van der Waals surface area contributed by atoms with Crippen LogP contribution in [0.1, 0.15) is 16.1 Å². The average molecular weight is 357 g/mol. The molecule has 0 fully saturated rings. The van der Waals surface area contributed by atoms with Crippen LogP contribution in [0.4, 0.5) is 5.69 Å². The zero-order valence-electron chi connectivity index (χ0n) is 14.9. The molecule has 0 aliphatic rings. The molecule has 3 aromatic rings. The highest BCUT2D eigenvalue weighted by atomic mass is 16.5. The molecule has 26 heavy (non-hydrogen) atoms. The molecule has 0 spiro atoms. The summed E-state index contributed by atoms with van der Waals surface area (Å²) in [6, 6.07) is 6.60. The minimum absolute atomic E-state index is 0.281. The predicted octanol–water partition coefficient (Wildman–Crippen LogP) is 2.41. The van der Waals surface area contributed by atoms with Crippen LogP contribution in [0.15, 0.2) is 24.3 Å². The van der Waals surface area contributed by atoms with E-state index in [1.807, 2.05) is 0 Å². The van der Waals surface area contributed by atoms with Crippen molar-refractivity contribution in [2.45, 2.75) is 0 Å². The third-order valence-corrected chi connectivity index (χ3v) is 4.10. The van der Waals surface area contributed by atoms with E-state index < -0.39 is 0 Å². The molecule has 8 heteroatoms. The highest BCUT2D eigenvalue weighted by molar-refractivity contribution is 6.16. The number of H-pyrrole nitrogens is 1. The van der Waals surface area contributed by atoms with E-state index in [4.69, 9.17) is 24.7 Å². The minimum Gasteiger partial charge on any atom is -0.495 e. The number of benzene rings is 2. The number of ketones is 1. The summed E-state index contributed by atoms with van der Waals surface area (Å²) >= 11 is 0. The number of rotatable bonds is 6. The molecule has 3 N–H and O–H groups in total. The molecular formula is C18H19N3O5. The number of methoxy groups -OCH3 is 4. The van der Waals surface area contributed by atoms with E-state index in [2.05, 4.69) is 10.2 Å². The van der Waals surface area contributed by atoms with Gasteiger partial charge in [-0.25, -0.2) is 0 Å². The zero-order valence-corrected chi connectivity index (χ0v) is 14.9. The molecule has 136 valence electrons. The first-order valence-electron chi connectivity index (χ1n) is 7.70. The van der Waals surface area contributed by atoms with Crippen LogP contribution >= 0.6 is 0 Å². The van der Waals surface area contributed by atoms with E-state index in [9.17, 15) is 4.79 Å². The highest BCUT2D eigenvalue weighted by Crippen LogP contribution is 2.39. The molecule has 1 aromatic heterocycles. The van der Waals surface area contributed by atoms with E-state index in [1.54, 1.807) is 24.3 Å². The van der Waals surface area contributed by atoms with E-state index in [0.29, 0.717) is 50.8 Å². The van der Waals surface area contributed by atoms with Crippen LogP contribution in [0.25, 0.3) is 10.9 Å². The van der Waals surface area contributed by atoms with Crippen LogP contribution in [0.5, 0.6) is 23.0 Å². The number of nitrogens with one attached hydrogen (secondary N) is 1. The monoisotopic (exact) mass is 357 g/mol. The van der Waals surface area contributed by atoms with Crippen molar-refractivity contribution in [2.75, 3.05) is 34.2 Å². The van der Waals surface area contributed by atoms with Gasteiger partial charge >= 0.3 is 0 Å². The minimum atomic E-state index is -0.281. The number of nitrogen functional groups attached to an aromatic ring is 1. The number of fused-ring (bicyclic) bond motifs is 1. The Morgan fingerprint density at radius 2 is 1.58 bits per heavy atom. The number of carbonyl (C=O) groups is 1. The first-order chi connectivity index (χ1) is 12.5. The van der Waals surface area contributed by atoms with Crippen molar-refractivity contribution in [1.29, 1.82) is 0 Å². The predicted molar refractivity (Wildman–Crippen MR) is 96.6 cm³/mol. The molecule has 0 saturated heterocycles. The van der Waals surface area contributed by atoms with Crippen LogP contribution in [0, 0.1) is 0 Å². The van der Waals surface area contributed by atoms with Crippen LogP contribution in [-0.4, -0.2) is 44.4 Å². The molecule has 1 heterocycles. The molecule has 0 aliphatic carbocycles. The molecule has 0 bridgehead atoms. The molecule has 0 saturated carbocycles. The lowest BCUT2D eigenvalue weighted by Crippen LogP contribution is -2.05. The number of anilines is 1. The number of hydrogen-bond acceptors (Lipinski definition) is 7. The normalized spacial score (nSPS) is 10.6. The van der Waals surface area contributed by atoms with Gasteiger partial charge in [-0.05, 0) is 24.3 Å². The van der Waals surface area contributed by atoms with Gasteiger partial charge in [0.1, 0.15) is 22.6 Å². The third-order valence-electron chi connectivity index (χ3n) is 4.10. The molecule has 0 radical (unpaired) electrons. The number of nitrogens with two attached hydrogens (primary N) is 1. The average Bonchev–Trinajstić information content (AvgIpc) is 3.11. The Bertz CT molecular complexity index is 955. The third kappa shape index (κ3) is 2.65. The number of ether oxygens (including phenoxy) is 4. The fourth-order valence-corrected chi connectivity index (χ4v) is 2.79. The number of carbonyl (C=O) groups excluding carboxylic acids is 1. The SMILES string of the molecule is COc1cc(C(=O)c2[nH]nc3c(N)c(OC)ccc23)cc(OC)c1OC. The zero-order chi connectivity index (χ0) is 18.8. The van der Waals surface area contributed by atoms with E-state index in [1.165, 1.54) is 28.4 Å². The van der Waals surface area contributed by atoms with E-state index in [0.717, 1.165) is 0 Å². The van der Waals surface area contributed by atoms with Crippen LogP contribution in [-0.2, 0) is 0 Å². The Morgan fingerprint density at radius 3 is 2.12 bits per heavy atom. The molecule has 8 nitrogen and oxygen atoms in total. The van der Waals surface area contributed by atoms with Crippen molar-refractivity contribution < 1.29 is 23.7 Å². The number of hydrogen-bond donors (Lipinski definition) is 2. The summed E-state index contributed by atoms with van der Waals surface area (Å²) in [4.78, 5) is 13.0. The van der Waals surface area contributed by atoms with Gasteiger partial charge in [-0.2, -0.15) is 5.10 Å². The Labute approximate surface area is 149 Å². The lowest BCUT2D eigenvalue weighted by Gasteiger charge is -2.13.